The Bertz CT molecular complexity index is 827. The number of amides is 2. The summed E-state index contributed by atoms with van der Waals surface area (Å²) in [6.45, 7) is 1.93. The van der Waals surface area contributed by atoms with Crippen molar-refractivity contribution in [3.63, 3.8) is 0 Å². The second-order valence-electron chi connectivity index (χ2n) is 5.38. The van der Waals surface area contributed by atoms with Crippen LogP contribution in [0.1, 0.15) is 5.56 Å². The number of nitro groups is 1. The van der Waals surface area contributed by atoms with Crippen molar-refractivity contribution in [1.82, 2.24) is 0 Å². The normalized spacial score (nSPS) is 10.2. The van der Waals surface area contributed by atoms with Gasteiger partial charge in [-0.05, 0) is 25.1 Å². The molecule has 0 aromatic heterocycles. The number of carbonyl (C=O) groups excluding carboxylic acids is 2. The molecule has 0 aliphatic carbocycles. The maximum atomic E-state index is 13.6. The topological polar surface area (TPSA) is 101 Å². The first-order chi connectivity index (χ1) is 12.3. The molecule has 2 amide bonds. The number of benzene rings is 2. The molecule has 0 bridgehead atoms. The van der Waals surface area contributed by atoms with E-state index in [2.05, 4.69) is 10.6 Å². The molecule has 0 aliphatic heterocycles. The van der Waals surface area contributed by atoms with Crippen LogP contribution in [0.5, 0.6) is 0 Å². The standard InChI is InChI=1S/C17H16FN3O4S/c1-11-2-4-12(5-3-11)19-16(22)9-26-10-17(23)20-15-8-13(21(24)25)6-7-14(15)18/h2-8H,9-10H2,1H3,(H,19,22)(H,20,23). The number of nitrogens with one attached hydrogen (secondary N) is 2. The molecule has 0 spiro atoms. The molecule has 0 saturated heterocycles. The first-order valence-electron chi connectivity index (χ1n) is 7.53. The first-order valence-corrected chi connectivity index (χ1v) is 8.68. The number of thioether (sulfide) groups is 1. The van der Waals surface area contributed by atoms with Gasteiger partial charge in [0.15, 0.2) is 0 Å². The van der Waals surface area contributed by atoms with Crippen LogP contribution in [0, 0.1) is 22.9 Å². The van der Waals surface area contributed by atoms with E-state index in [1.807, 2.05) is 19.1 Å². The molecule has 0 radical (unpaired) electrons. The van der Waals surface area contributed by atoms with E-state index in [1.165, 1.54) is 0 Å². The van der Waals surface area contributed by atoms with Crippen LogP contribution in [0.3, 0.4) is 0 Å². The van der Waals surface area contributed by atoms with Crippen molar-refractivity contribution in [2.75, 3.05) is 22.1 Å². The lowest BCUT2D eigenvalue weighted by Gasteiger charge is -2.07. The van der Waals surface area contributed by atoms with Crippen molar-refractivity contribution in [2.45, 2.75) is 6.92 Å². The summed E-state index contributed by atoms with van der Waals surface area (Å²) >= 11 is 1.05. The van der Waals surface area contributed by atoms with E-state index in [1.54, 1.807) is 12.1 Å². The van der Waals surface area contributed by atoms with Crippen LogP contribution in [0.4, 0.5) is 21.5 Å². The summed E-state index contributed by atoms with van der Waals surface area (Å²) in [5.74, 6) is -1.65. The van der Waals surface area contributed by atoms with Gasteiger partial charge in [0.05, 0.1) is 22.1 Å². The summed E-state index contributed by atoms with van der Waals surface area (Å²) in [5, 5.41) is 15.6. The summed E-state index contributed by atoms with van der Waals surface area (Å²) < 4.78 is 13.6. The van der Waals surface area contributed by atoms with Crippen LogP contribution in [0.25, 0.3) is 0 Å². The van der Waals surface area contributed by atoms with Gasteiger partial charge in [-0.25, -0.2) is 4.39 Å². The van der Waals surface area contributed by atoms with E-state index in [0.717, 1.165) is 35.5 Å². The van der Waals surface area contributed by atoms with E-state index < -0.39 is 16.6 Å². The lowest BCUT2D eigenvalue weighted by Crippen LogP contribution is -2.19. The molecule has 136 valence electrons. The summed E-state index contributed by atoms with van der Waals surface area (Å²) in [6.07, 6.45) is 0. The van der Waals surface area contributed by atoms with Crippen LogP contribution in [-0.4, -0.2) is 28.2 Å². The fraction of sp³-hybridized carbons (Fsp3) is 0.176. The minimum absolute atomic E-state index is 0.0404. The Balaban J connectivity index is 1.80. The van der Waals surface area contributed by atoms with Gasteiger partial charge in [-0.1, -0.05) is 17.7 Å². The Labute approximate surface area is 153 Å². The Hall–Kier alpha value is -2.94. The quantitative estimate of drug-likeness (QED) is 0.569. The van der Waals surface area contributed by atoms with Crippen molar-refractivity contribution in [1.29, 1.82) is 0 Å². The average Bonchev–Trinajstić information content (AvgIpc) is 2.58. The van der Waals surface area contributed by atoms with Gasteiger partial charge in [-0.3, -0.25) is 19.7 Å². The van der Waals surface area contributed by atoms with Crippen molar-refractivity contribution in [2.24, 2.45) is 0 Å². The number of hydrogen-bond donors (Lipinski definition) is 2. The van der Waals surface area contributed by atoms with Crippen LogP contribution >= 0.6 is 11.8 Å². The number of anilines is 2. The van der Waals surface area contributed by atoms with E-state index in [0.29, 0.717) is 5.69 Å². The van der Waals surface area contributed by atoms with E-state index in [9.17, 15) is 24.1 Å². The zero-order valence-electron chi connectivity index (χ0n) is 13.8. The largest absolute Gasteiger partial charge is 0.325 e. The average molecular weight is 377 g/mol. The number of nitrogens with zero attached hydrogens (tertiary/aromatic N) is 1. The molecule has 0 heterocycles. The van der Waals surface area contributed by atoms with Gasteiger partial charge in [0.25, 0.3) is 5.69 Å². The fourth-order valence-electron chi connectivity index (χ4n) is 1.98. The van der Waals surface area contributed by atoms with Crippen molar-refractivity contribution < 1.29 is 18.9 Å². The highest BCUT2D eigenvalue weighted by molar-refractivity contribution is 8.00. The number of aryl methyl sites for hydroxylation is 1. The summed E-state index contributed by atoms with van der Waals surface area (Å²) in [6, 6.07) is 10.1. The van der Waals surface area contributed by atoms with Crippen molar-refractivity contribution >= 4 is 40.6 Å². The minimum Gasteiger partial charge on any atom is -0.325 e. The van der Waals surface area contributed by atoms with Crippen LogP contribution in [0.15, 0.2) is 42.5 Å². The first kappa shape index (κ1) is 19.4. The number of hydrogen-bond acceptors (Lipinski definition) is 5. The number of rotatable bonds is 7. The molecule has 2 N–H and O–H groups in total. The molecule has 0 unspecified atom stereocenters. The number of carbonyl (C=O) groups is 2. The molecule has 9 heteroatoms. The third-order valence-corrected chi connectivity index (χ3v) is 4.17. The predicted octanol–water partition coefficient (Wildman–Crippen LogP) is 3.35. The predicted molar refractivity (Wildman–Crippen MR) is 98.8 cm³/mol. The van der Waals surface area contributed by atoms with Gasteiger partial charge >= 0.3 is 0 Å². The van der Waals surface area contributed by atoms with E-state index in [4.69, 9.17) is 0 Å². The summed E-state index contributed by atoms with van der Waals surface area (Å²) in [7, 11) is 0. The summed E-state index contributed by atoms with van der Waals surface area (Å²) in [5.41, 5.74) is 1.13. The molecule has 26 heavy (non-hydrogen) atoms. The molecule has 2 aromatic carbocycles. The molecular formula is C17H16FN3O4S. The van der Waals surface area contributed by atoms with Crippen LogP contribution in [0.2, 0.25) is 0 Å². The highest BCUT2D eigenvalue weighted by atomic mass is 32.2. The molecule has 0 atom stereocenters. The molecule has 2 aromatic rings. The maximum absolute atomic E-state index is 13.6. The number of non-ortho nitro benzene ring substituents is 1. The second kappa shape index (κ2) is 8.95. The molecule has 0 aliphatic rings. The molecule has 2 rings (SSSR count). The lowest BCUT2D eigenvalue weighted by atomic mass is 10.2. The number of halogens is 1. The monoisotopic (exact) mass is 377 g/mol. The Morgan fingerprint density at radius 1 is 1.08 bits per heavy atom. The Kier molecular flexibility index (Phi) is 6.67. The van der Waals surface area contributed by atoms with E-state index >= 15 is 0 Å². The smallest absolute Gasteiger partial charge is 0.271 e. The van der Waals surface area contributed by atoms with Crippen LogP contribution in [-0.2, 0) is 9.59 Å². The Morgan fingerprint density at radius 2 is 1.69 bits per heavy atom. The van der Waals surface area contributed by atoms with Crippen LogP contribution < -0.4 is 10.6 Å². The van der Waals surface area contributed by atoms with Gasteiger partial charge in [0.2, 0.25) is 11.8 Å². The lowest BCUT2D eigenvalue weighted by molar-refractivity contribution is -0.384. The number of nitro benzene ring substituents is 1. The SMILES string of the molecule is Cc1ccc(NC(=O)CSCC(=O)Nc2cc([N+](=O)[O-])ccc2F)cc1. The van der Waals surface area contributed by atoms with Gasteiger partial charge in [0, 0.05) is 17.8 Å². The highest BCUT2D eigenvalue weighted by Crippen LogP contribution is 2.21. The van der Waals surface area contributed by atoms with E-state index in [-0.39, 0.29) is 28.8 Å². The second-order valence-corrected chi connectivity index (χ2v) is 6.36. The maximum Gasteiger partial charge on any atom is 0.271 e. The van der Waals surface area contributed by atoms with Gasteiger partial charge in [-0.2, -0.15) is 0 Å². The molecule has 0 fully saturated rings. The summed E-state index contributed by atoms with van der Waals surface area (Å²) in [4.78, 5) is 33.6. The zero-order valence-corrected chi connectivity index (χ0v) is 14.6. The fourth-order valence-corrected chi connectivity index (χ4v) is 2.60. The minimum atomic E-state index is -0.772. The van der Waals surface area contributed by atoms with Gasteiger partial charge in [0.1, 0.15) is 5.82 Å². The van der Waals surface area contributed by atoms with Gasteiger partial charge in [-0.15, -0.1) is 11.8 Å². The molecule has 0 saturated carbocycles. The van der Waals surface area contributed by atoms with Gasteiger partial charge < -0.3 is 10.6 Å². The van der Waals surface area contributed by atoms with Crippen molar-refractivity contribution in [3.8, 4) is 0 Å². The molecule has 7 nitrogen and oxygen atoms in total. The third kappa shape index (κ3) is 5.85. The third-order valence-electron chi connectivity index (χ3n) is 3.24. The zero-order chi connectivity index (χ0) is 19.1. The Morgan fingerprint density at radius 3 is 2.31 bits per heavy atom. The highest BCUT2D eigenvalue weighted by Gasteiger charge is 2.13. The molecular weight excluding hydrogens is 361 g/mol. The van der Waals surface area contributed by atoms with Crippen molar-refractivity contribution in [3.05, 3.63) is 64.0 Å².